The molecule has 0 saturated heterocycles. The molecule has 6 rings (SSSR count). The summed E-state index contributed by atoms with van der Waals surface area (Å²) in [4.78, 5) is 23.5. The van der Waals surface area contributed by atoms with E-state index in [0.717, 1.165) is 57.8 Å². The maximum atomic E-state index is 12.7. The molecule has 0 N–H and O–H groups in total. The van der Waals surface area contributed by atoms with Gasteiger partial charge in [0.2, 0.25) is 0 Å². The largest absolute Gasteiger partial charge is 0.339 e. The van der Waals surface area contributed by atoms with Crippen molar-refractivity contribution in [3.05, 3.63) is 73.1 Å². The third-order valence-electron chi connectivity index (χ3n) is 6.50. The number of fused-ring (bicyclic) bond motifs is 3. The minimum Gasteiger partial charge on any atom is -0.339 e. The monoisotopic (exact) mass is 449 g/mol. The maximum absolute atomic E-state index is 12.7. The molecule has 0 saturated carbocycles. The van der Waals surface area contributed by atoms with Crippen LogP contribution < -0.4 is 0 Å². The van der Waals surface area contributed by atoms with Crippen LogP contribution >= 0.6 is 0 Å². The van der Waals surface area contributed by atoms with Crippen LogP contribution in [0, 0.1) is 0 Å². The van der Waals surface area contributed by atoms with Crippen LogP contribution in [-0.2, 0) is 13.1 Å². The number of amides is 1. The highest BCUT2D eigenvalue weighted by Gasteiger charge is 2.25. The van der Waals surface area contributed by atoms with Gasteiger partial charge in [-0.25, -0.2) is 4.98 Å². The summed E-state index contributed by atoms with van der Waals surface area (Å²) in [6, 6.07) is 14.4. The zero-order chi connectivity index (χ0) is 23.2. The summed E-state index contributed by atoms with van der Waals surface area (Å²) in [6.07, 6.45) is 7.28. The van der Waals surface area contributed by atoms with E-state index >= 15 is 0 Å². The van der Waals surface area contributed by atoms with Gasteiger partial charge < -0.3 is 14.0 Å². The summed E-state index contributed by atoms with van der Waals surface area (Å²) in [5.74, 6) is 0.888. The van der Waals surface area contributed by atoms with Gasteiger partial charge in [-0.1, -0.05) is 24.3 Å². The maximum Gasteiger partial charge on any atom is 0.270 e. The average molecular weight is 450 g/mol. The summed E-state index contributed by atoms with van der Waals surface area (Å²) in [5.41, 5.74) is 6.64. The molecular weight excluding hydrogens is 426 g/mol. The lowest BCUT2D eigenvalue weighted by molar-refractivity contribution is 0.0751. The van der Waals surface area contributed by atoms with E-state index in [1.807, 2.05) is 40.7 Å². The summed E-state index contributed by atoms with van der Waals surface area (Å²) in [6.45, 7) is 4.32. The van der Waals surface area contributed by atoms with Crippen molar-refractivity contribution in [3.8, 4) is 33.6 Å². The van der Waals surface area contributed by atoms with Gasteiger partial charge >= 0.3 is 0 Å². The fraction of sp³-hybridized carbons (Fsp3) is 0.192. The minimum atomic E-state index is 0.0288. The number of rotatable bonds is 4. The first-order valence-corrected chi connectivity index (χ1v) is 11.3. The molecule has 0 unspecified atom stereocenters. The van der Waals surface area contributed by atoms with Crippen molar-refractivity contribution in [2.45, 2.75) is 20.0 Å². The lowest BCUT2D eigenvalue weighted by Gasteiger charge is -2.24. The number of benzene rings is 1. The summed E-state index contributed by atoms with van der Waals surface area (Å²) < 4.78 is 4.04. The van der Waals surface area contributed by atoms with Crippen molar-refractivity contribution in [1.82, 2.24) is 34.2 Å². The van der Waals surface area contributed by atoms with Gasteiger partial charge in [-0.05, 0) is 36.2 Å². The molecule has 0 spiro atoms. The van der Waals surface area contributed by atoms with Crippen LogP contribution in [0.2, 0.25) is 0 Å². The lowest BCUT2D eigenvalue weighted by atomic mass is 10.00. The first-order valence-electron chi connectivity index (χ1n) is 11.3. The standard InChI is InChI=1S/C26H23N7O/c1-3-32-16-29-30-24(32)18-6-4-17(5-7-18)19-12-20(15-27-14-19)21-8-9-28-25-22(21)13-23-26(34)31(2)10-11-33(23)25/h4-9,12-16H,3,10-11H2,1-2H3. The molecule has 1 amide bonds. The average Bonchev–Trinajstić information content (AvgIpc) is 3.51. The predicted octanol–water partition coefficient (Wildman–Crippen LogP) is 4.13. The molecule has 34 heavy (non-hydrogen) atoms. The summed E-state index contributed by atoms with van der Waals surface area (Å²) in [7, 11) is 1.84. The Kier molecular flexibility index (Phi) is 4.72. The lowest BCUT2D eigenvalue weighted by Crippen LogP contribution is -2.36. The Balaban J connectivity index is 1.39. The molecule has 1 aliphatic heterocycles. The summed E-state index contributed by atoms with van der Waals surface area (Å²) >= 11 is 0. The number of aromatic nitrogens is 6. The van der Waals surface area contributed by atoms with E-state index in [1.54, 1.807) is 17.4 Å². The molecule has 5 aromatic rings. The predicted molar refractivity (Wildman–Crippen MR) is 130 cm³/mol. The van der Waals surface area contributed by atoms with Crippen LogP contribution in [0.25, 0.3) is 44.7 Å². The first kappa shape index (κ1) is 20.3. The Bertz CT molecular complexity index is 1530. The van der Waals surface area contributed by atoms with Gasteiger partial charge in [-0.3, -0.25) is 9.78 Å². The van der Waals surface area contributed by atoms with E-state index in [4.69, 9.17) is 0 Å². The second-order valence-corrected chi connectivity index (χ2v) is 8.48. The Hall–Kier alpha value is -4.33. The minimum absolute atomic E-state index is 0.0288. The van der Waals surface area contributed by atoms with Crippen molar-refractivity contribution < 1.29 is 4.79 Å². The zero-order valence-electron chi connectivity index (χ0n) is 19.0. The van der Waals surface area contributed by atoms with Crippen molar-refractivity contribution >= 4 is 16.9 Å². The van der Waals surface area contributed by atoms with E-state index < -0.39 is 0 Å². The quantitative estimate of drug-likeness (QED) is 0.412. The SMILES string of the molecule is CCn1cnnc1-c1ccc(-c2cncc(-c3ccnc4c3cc3n4CCN(C)C3=O)c2)cc1. The highest BCUT2D eigenvalue weighted by molar-refractivity contribution is 6.03. The third-order valence-corrected chi connectivity index (χ3v) is 6.50. The van der Waals surface area contributed by atoms with Crippen LogP contribution in [0.15, 0.2) is 67.4 Å². The topological polar surface area (TPSA) is 81.7 Å². The number of nitrogens with zero attached hydrogens (tertiary/aromatic N) is 7. The smallest absolute Gasteiger partial charge is 0.270 e. The molecule has 0 atom stereocenters. The van der Waals surface area contributed by atoms with Gasteiger partial charge in [0.05, 0.1) is 0 Å². The van der Waals surface area contributed by atoms with Crippen LogP contribution in [0.1, 0.15) is 17.4 Å². The number of carbonyl (C=O) groups excluding carboxylic acids is 1. The number of hydrogen-bond acceptors (Lipinski definition) is 5. The van der Waals surface area contributed by atoms with Crippen LogP contribution in [-0.4, -0.2) is 53.7 Å². The Morgan fingerprint density at radius 1 is 0.941 bits per heavy atom. The number of likely N-dealkylation sites (N-methyl/N-ethyl adjacent to an activating group) is 1. The highest BCUT2D eigenvalue weighted by Crippen LogP contribution is 2.33. The van der Waals surface area contributed by atoms with Crippen molar-refractivity contribution in [3.63, 3.8) is 0 Å². The van der Waals surface area contributed by atoms with Gasteiger partial charge in [0.25, 0.3) is 5.91 Å². The molecule has 1 aromatic carbocycles. The second kappa shape index (κ2) is 7.91. The molecule has 8 nitrogen and oxygen atoms in total. The molecule has 0 radical (unpaired) electrons. The molecule has 168 valence electrons. The molecule has 1 aliphatic rings. The first-order chi connectivity index (χ1) is 16.6. The highest BCUT2D eigenvalue weighted by atomic mass is 16.2. The molecule has 0 fully saturated rings. The van der Waals surface area contributed by atoms with Crippen LogP contribution in [0.3, 0.4) is 0 Å². The molecule has 0 aliphatic carbocycles. The molecule has 8 heteroatoms. The summed E-state index contributed by atoms with van der Waals surface area (Å²) in [5, 5.41) is 9.24. The van der Waals surface area contributed by atoms with E-state index in [9.17, 15) is 4.79 Å². The second-order valence-electron chi connectivity index (χ2n) is 8.48. The molecule has 0 bridgehead atoms. The molecule has 4 aromatic heterocycles. The van der Waals surface area contributed by atoms with Crippen LogP contribution in [0.5, 0.6) is 0 Å². The van der Waals surface area contributed by atoms with Crippen LogP contribution in [0.4, 0.5) is 0 Å². The molecular formula is C26H23N7O. The van der Waals surface area contributed by atoms with Gasteiger partial charge in [0.15, 0.2) is 5.82 Å². The van der Waals surface area contributed by atoms with Gasteiger partial charge in [-0.15, -0.1) is 10.2 Å². The van der Waals surface area contributed by atoms with E-state index in [0.29, 0.717) is 12.2 Å². The third kappa shape index (κ3) is 3.18. The number of pyridine rings is 2. The van der Waals surface area contributed by atoms with E-state index in [1.165, 1.54) is 0 Å². The zero-order valence-corrected chi connectivity index (χ0v) is 19.0. The van der Waals surface area contributed by atoms with Crippen molar-refractivity contribution in [1.29, 1.82) is 0 Å². The van der Waals surface area contributed by atoms with Gasteiger partial charge in [-0.2, -0.15) is 0 Å². The van der Waals surface area contributed by atoms with Gasteiger partial charge in [0.1, 0.15) is 17.7 Å². The number of hydrogen-bond donors (Lipinski definition) is 0. The van der Waals surface area contributed by atoms with Gasteiger partial charge in [0, 0.05) is 67.3 Å². The Morgan fingerprint density at radius 3 is 2.56 bits per heavy atom. The number of carbonyl (C=O) groups is 1. The molecule has 5 heterocycles. The van der Waals surface area contributed by atoms with E-state index in [-0.39, 0.29) is 5.91 Å². The Labute approximate surface area is 196 Å². The van der Waals surface area contributed by atoms with Crippen molar-refractivity contribution in [2.75, 3.05) is 13.6 Å². The fourth-order valence-corrected chi connectivity index (χ4v) is 4.62. The normalized spacial score (nSPS) is 13.5. The Morgan fingerprint density at radius 2 is 1.74 bits per heavy atom. The fourth-order valence-electron chi connectivity index (χ4n) is 4.62. The van der Waals surface area contributed by atoms with E-state index in [2.05, 4.69) is 57.4 Å². The van der Waals surface area contributed by atoms with Crippen molar-refractivity contribution in [2.24, 2.45) is 0 Å². The number of aryl methyl sites for hydroxylation is 1.